The Morgan fingerprint density at radius 1 is 1.11 bits per heavy atom. The fraction of sp³-hybridized carbons (Fsp3) is 0.200. The van der Waals surface area contributed by atoms with Gasteiger partial charge < -0.3 is 10.3 Å². The van der Waals surface area contributed by atoms with Crippen LogP contribution in [-0.2, 0) is 0 Å². The van der Waals surface area contributed by atoms with Gasteiger partial charge in [-0.2, -0.15) is 0 Å². The summed E-state index contributed by atoms with van der Waals surface area (Å²) in [5.41, 5.74) is 7.83. The van der Waals surface area contributed by atoms with E-state index in [0.29, 0.717) is 6.04 Å². The smallest absolute Gasteiger partial charge is 0.166 e. The molecule has 0 aliphatic rings. The van der Waals surface area contributed by atoms with Crippen molar-refractivity contribution in [2.75, 3.05) is 5.73 Å². The van der Waals surface area contributed by atoms with Crippen molar-refractivity contribution in [3.63, 3.8) is 0 Å². The quantitative estimate of drug-likeness (QED) is 0.712. The highest BCUT2D eigenvalue weighted by Gasteiger charge is 2.13. The zero-order valence-electron chi connectivity index (χ0n) is 11.0. The molecule has 0 aliphatic carbocycles. The summed E-state index contributed by atoms with van der Waals surface area (Å²) >= 11 is 0. The van der Waals surface area contributed by atoms with Crippen LogP contribution in [0.4, 0.5) is 5.69 Å². The molecule has 0 aliphatic heterocycles. The average molecular weight is 252 g/mol. The maximum absolute atomic E-state index is 6.17. The molecule has 1 aromatic heterocycles. The molecule has 0 amide bonds. The number of fused-ring (bicyclic) bond motifs is 1. The van der Waals surface area contributed by atoms with E-state index in [9.17, 15) is 0 Å². The van der Waals surface area contributed by atoms with Gasteiger partial charge in [0.05, 0.1) is 0 Å². The number of nitrogens with zero attached hydrogens (tertiary/aromatic N) is 3. The first-order chi connectivity index (χ1) is 9.16. The number of anilines is 1. The molecular weight excluding hydrogens is 236 g/mol. The molecule has 0 saturated carbocycles. The van der Waals surface area contributed by atoms with Gasteiger partial charge >= 0.3 is 0 Å². The summed E-state index contributed by atoms with van der Waals surface area (Å²) in [5.74, 6) is 0.818. The number of aromatic nitrogens is 3. The molecule has 0 atom stereocenters. The van der Waals surface area contributed by atoms with Crippen molar-refractivity contribution >= 4 is 16.5 Å². The van der Waals surface area contributed by atoms with Gasteiger partial charge in [-0.3, -0.25) is 0 Å². The van der Waals surface area contributed by atoms with Gasteiger partial charge in [-0.25, -0.2) is 0 Å². The van der Waals surface area contributed by atoms with E-state index in [4.69, 9.17) is 5.73 Å². The SMILES string of the molecule is CC(C)n1cnnc1-c1cc2ccccc2cc1N. The maximum atomic E-state index is 6.17. The fourth-order valence-corrected chi connectivity index (χ4v) is 2.26. The monoisotopic (exact) mass is 252 g/mol. The number of hydrogen-bond donors (Lipinski definition) is 1. The van der Waals surface area contributed by atoms with Crippen molar-refractivity contribution in [3.05, 3.63) is 42.7 Å². The molecule has 3 rings (SSSR count). The molecule has 19 heavy (non-hydrogen) atoms. The van der Waals surface area contributed by atoms with Crippen LogP contribution in [0.15, 0.2) is 42.7 Å². The average Bonchev–Trinajstić information content (AvgIpc) is 2.87. The van der Waals surface area contributed by atoms with Crippen molar-refractivity contribution in [3.8, 4) is 11.4 Å². The number of rotatable bonds is 2. The molecule has 0 bridgehead atoms. The third kappa shape index (κ3) is 1.95. The van der Waals surface area contributed by atoms with Gasteiger partial charge in [-0.15, -0.1) is 10.2 Å². The van der Waals surface area contributed by atoms with Gasteiger partial charge in [-0.05, 0) is 36.8 Å². The molecule has 0 unspecified atom stereocenters. The van der Waals surface area contributed by atoms with Crippen molar-refractivity contribution in [2.45, 2.75) is 19.9 Å². The van der Waals surface area contributed by atoms with Gasteiger partial charge in [-0.1, -0.05) is 24.3 Å². The molecule has 4 heteroatoms. The highest BCUT2D eigenvalue weighted by atomic mass is 15.3. The van der Waals surface area contributed by atoms with Crippen LogP contribution in [0.25, 0.3) is 22.2 Å². The van der Waals surface area contributed by atoms with E-state index in [1.54, 1.807) is 6.33 Å². The van der Waals surface area contributed by atoms with Crippen LogP contribution in [0, 0.1) is 0 Å². The minimum atomic E-state index is 0.302. The Morgan fingerprint density at radius 2 is 1.79 bits per heavy atom. The lowest BCUT2D eigenvalue weighted by Gasteiger charge is -2.12. The number of benzene rings is 2. The second kappa shape index (κ2) is 4.39. The third-order valence-electron chi connectivity index (χ3n) is 3.29. The predicted molar refractivity (Wildman–Crippen MR) is 77.8 cm³/mol. The number of nitrogen functional groups attached to an aromatic ring is 1. The Bertz CT molecular complexity index is 728. The van der Waals surface area contributed by atoms with E-state index >= 15 is 0 Å². The molecule has 4 nitrogen and oxygen atoms in total. The van der Waals surface area contributed by atoms with Gasteiger partial charge in [0.15, 0.2) is 5.82 Å². The maximum Gasteiger partial charge on any atom is 0.166 e. The Hall–Kier alpha value is -2.36. The van der Waals surface area contributed by atoms with Crippen LogP contribution in [0.2, 0.25) is 0 Å². The molecule has 2 N–H and O–H groups in total. The Balaban J connectivity index is 2.24. The standard InChI is InChI=1S/C15H16N4/c1-10(2)19-9-17-18-15(19)13-7-11-5-3-4-6-12(11)8-14(13)16/h3-10H,16H2,1-2H3. The summed E-state index contributed by atoms with van der Waals surface area (Å²) < 4.78 is 2.03. The lowest BCUT2D eigenvalue weighted by molar-refractivity contribution is 0.604. The van der Waals surface area contributed by atoms with E-state index in [1.807, 2.05) is 22.8 Å². The van der Waals surface area contributed by atoms with Gasteiger partial charge in [0, 0.05) is 17.3 Å². The highest BCUT2D eigenvalue weighted by molar-refractivity contribution is 5.92. The molecule has 0 saturated heterocycles. The van der Waals surface area contributed by atoms with Crippen LogP contribution in [0.5, 0.6) is 0 Å². The van der Waals surface area contributed by atoms with Crippen LogP contribution in [0.1, 0.15) is 19.9 Å². The summed E-state index contributed by atoms with van der Waals surface area (Å²) in [6, 6.07) is 12.5. The van der Waals surface area contributed by atoms with Crippen molar-refractivity contribution in [2.24, 2.45) is 0 Å². The Morgan fingerprint density at radius 3 is 2.47 bits per heavy atom. The van der Waals surface area contributed by atoms with Crippen LogP contribution in [0.3, 0.4) is 0 Å². The van der Waals surface area contributed by atoms with Gasteiger partial charge in [0.25, 0.3) is 0 Å². The first kappa shape index (κ1) is 11.7. The first-order valence-electron chi connectivity index (χ1n) is 6.35. The highest BCUT2D eigenvalue weighted by Crippen LogP contribution is 2.30. The van der Waals surface area contributed by atoms with E-state index in [1.165, 1.54) is 0 Å². The minimum Gasteiger partial charge on any atom is -0.398 e. The van der Waals surface area contributed by atoms with E-state index < -0.39 is 0 Å². The molecule has 96 valence electrons. The topological polar surface area (TPSA) is 56.7 Å². The van der Waals surface area contributed by atoms with Crippen LogP contribution in [-0.4, -0.2) is 14.8 Å². The summed E-state index contributed by atoms with van der Waals surface area (Å²) in [5, 5.41) is 10.5. The fourth-order valence-electron chi connectivity index (χ4n) is 2.26. The van der Waals surface area contributed by atoms with Crippen molar-refractivity contribution in [1.29, 1.82) is 0 Å². The number of hydrogen-bond acceptors (Lipinski definition) is 3. The molecular formula is C15H16N4. The van der Waals surface area contributed by atoms with Gasteiger partial charge in [0.2, 0.25) is 0 Å². The minimum absolute atomic E-state index is 0.302. The second-order valence-corrected chi connectivity index (χ2v) is 4.94. The second-order valence-electron chi connectivity index (χ2n) is 4.94. The number of nitrogens with two attached hydrogens (primary N) is 1. The lowest BCUT2D eigenvalue weighted by atomic mass is 10.0. The van der Waals surface area contributed by atoms with E-state index in [0.717, 1.165) is 27.8 Å². The zero-order chi connectivity index (χ0) is 13.4. The Labute approximate surface area is 111 Å². The normalized spacial score (nSPS) is 11.3. The predicted octanol–water partition coefficient (Wildman–Crippen LogP) is 3.26. The molecule has 2 aromatic carbocycles. The van der Waals surface area contributed by atoms with Gasteiger partial charge in [0.1, 0.15) is 6.33 Å². The molecule has 0 radical (unpaired) electrons. The summed E-state index contributed by atoms with van der Waals surface area (Å²) in [7, 11) is 0. The molecule has 0 fully saturated rings. The Kier molecular flexibility index (Phi) is 2.71. The summed E-state index contributed by atoms with van der Waals surface area (Å²) in [6.07, 6.45) is 1.74. The molecule has 3 aromatic rings. The van der Waals surface area contributed by atoms with Crippen molar-refractivity contribution in [1.82, 2.24) is 14.8 Å². The van der Waals surface area contributed by atoms with Crippen molar-refractivity contribution < 1.29 is 0 Å². The molecule has 0 spiro atoms. The largest absolute Gasteiger partial charge is 0.398 e. The summed E-state index contributed by atoms with van der Waals surface area (Å²) in [4.78, 5) is 0. The summed E-state index contributed by atoms with van der Waals surface area (Å²) in [6.45, 7) is 4.20. The van der Waals surface area contributed by atoms with Crippen LogP contribution >= 0.6 is 0 Å². The lowest BCUT2D eigenvalue weighted by Crippen LogP contribution is -2.03. The third-order valence-corrected chi connectivity index (χ3v) is 3.29. The van der Waals surface area contributed by atoms with Crippen LogP contribution < -0.4 is 5.73 Å². The zero-order valence-corrected chi connectivity index (χ0v) is 11.0. The molecule has 1 heterocycles. The van der Waals surface area contributed by atoms with E-state index in [2.05, 4.69) is 42.2 Å². The first-order valence-corrected chi connectivity index (χ1v) is 6.35. The van der Waals surface area contributed by atoms with E-state index in [-0.39, 0.29) is 0 Å².